The van der Waals surface area contributed by atoms with Crippen LogP contribution in [-0.2, 0) is 7.05 Å². The Morgan fingerprint density at radius 1 is 1.50 bits per heavy atom. The molecule has 0 bridgehead atoms. The minimum absolute atomic E-state index is 0.196. The number of rotatable bonds is 2. The van der Waals surface area contributed by atoms with Crippen molar-refractivity contribution >= 4 is 5.82 Å². The van der Waals surface area contributed by atoms with Crippen molar-refractivity contribution < 1.29 is 14.2 Å². The summed E-state index contributed by atoms with van der Waals surface area (Å²) in [6.07, 6.45) is 1.52. The summed E-state index contributed by atoms with van der Waals surface area (Å²) in [4.78, 5) is 0. The van der Waals surface area contributed by atoms with Crippen molar-refractivity contribution in [2.45, 2.75) is 6.92 Å². The second kappa shape index (κ2) is 4.21. The van der Waals surface area contributed by atoms with Crippen LogP contribution >= 0.6 is 0 Å². The molecule has 3 N–H and O–H groups in total. The van der Waals surface area contributed by atoms with Crippen molar-refractivity contribution in [1.29, 1.82) is 0 Å². The number of nitrogen functional groups attached to an aromatic ring is 1. The number of nitrogens with zero attached hydrogens (tertiary/aromatic N) is 2. The van der Waals surface area contributed by atoms with Crippen LogP contribution in [0, 0.1) is 12.7 Å². The molecular formula is C12H14FN3O2. The average molecular weight is 251 g/mol. The largest absolute Gasteiger partial charge is 0.504 e. The van der Waals surface area contributed by atoms with Crippen molar-refractivity contribution in [1.82, 2.24) is 9.78 Å². The maximum atomic E-state index is 13.6. The van der Waals surface area contributed by atoms with Gasteiger partial charge in [-0.1, -0.05) is 0 Å². The summed E-state index contributed by atoms with van der Waals surface area (Å²) in [6, 6.07) is 1.29. The summed E-state index contributed by atoms with van der Waals surface area (Å²) in [5, 5.41) is 14.1. The summed E-state index contributed by atoms with van der Waals surface area (Å²) < 4.78 is 19.9. The predicted octanol–water partition coefficient (Wildman–Crippen LogP) is 1.83. The van der Waals surface area contributed by atoms with Gasteiger partial charge in [0.05, 0.1) is 13.3 Å². The number of hydrogen-bond donors (Lipinski definition) is 2. The molecule has 0 fully saturated rings. The topological polar surface area (TPSA) is 73.3 Å². The van der Waals surface area contributed by atoms with E-state index in [1.165, 1.54) is 24.1 Å². The van der Waals surface area contributed by atoms with Gasteiger partial charge >= 0.3 is 0 Å². The smallest absolute Gasteiger partial charge is 0.197 e. The standard InChI is InChI=1S/C12H14FN3O2/c1-6-4-8(13)11(18-3)10(17)9(6)7-5-15-16(2)12(7)14/h4-5,17H,14H2,1-3H3. The molecule has 18 heavy (non-hydrogen) atoms. The van der Waals surface area contributed by atoms with Crippen LogP contribution < -0.4 is 10.5 Å². The van der Waals surface area contributed by atoms with Crippen molar-refractivity contribution in [2.24, 2.45) is 7.05 Å². The molecule has 0 atom stereocenters. The van der Waals surface area contributed by atoms with Crippen molar-refractivity contribution in [3.63, 3.8) is 0 Å². The van der Waals surface area contributed by atoms with Crippen LogP contribution in [0.4, 0.5) is 10.2 Å². The maximum Gasteiger partial charge on any atom is 0.197 e. The summed E-state index contributed by atoms with van der Waals surface area (Å²) in [5.74, 6) is -0.686. The first kappa shape index (κ1) is 12.2. The quantitative estimate of drug-likeness (QED) is 0.854. The van der Waals surface area contributed by atoms with E-state index in [-0.39, 0.29) is 11.5 Å². The fourth-order valence-electron chi connectivity index (χ4n) is 1.91. The normalized spacial score (nSPS) is 10.7. The Kier molecular flexibility index (Phi) is 2.86. The molecule has 0 amide bonds. The minimum Gasteiger partial charge on any atom is -0.504 e. The highest BCUT2D eigenvalue weighted by atomic mass is 19.1. The number of hydrogen-bond acceptors (Lipinski definition) is 4. The first-order valence-electron chi connectivity index (χ1n) is 5.31. The highest BCUT2D eigenvalue weighted by Crippen LogP contribution is 2.42. The molecule has 0 aliphatic heterocycles. The van der Waals surface area contributed by atoms with Crippen molar-refractivity contribution in [3.05, 3.63) is 23.6 Å². The Morgan fingerprint density at radius 3 is 2.67 bits per heavy atom. The minimum atomic E-state index is -0.612. The van der Waals surface area contributed by atoms with Gasteiger partial charge in [0, 0.05) is 18.2 Å². The first-order chi connectivity index (χ1) is 8.47. The molecule has 1 aromatic carbocycles. The van der Waals surface area contributed by atoms with Crippen molar-refractivity contribution in [3.8, 4) is 22.6 Å². The fourth-order valence-corrected chi connectivity index (χ4v) is 1.91. The van der Waals surface area contributed by atoms with Gasteiger partial charge in [0.1, 0.15) is 5.82 Å². The second-order valence-corrected chi connectivity index (χ2v) is 4.00. The van der Waals surface area contributed by atoms with E-state index in [1.807, 2.05) is 0 Å². The first-order valence-corrected chi connectivity index (χ1v) is 5.31. The van der Waals surface area contributed by atoms with Crippen LogP contribution in [0.25, 0.3) is 11.1 Å². The molecule has 2 rings (SSSR count). The molecule has 0 saturated heterocycles. The molecule has 2 aromatic rings. The number of aromatic hydroxyl groups is 1. The Balaban J connectivity index is 2.75. The molecule has 0 radical (unpaired) electrons. The molecular weight excluding hydrogens is 237 g/mol. The number of ether oxygens (including phenoxy) is 1. The zero-order valence-corrected chi connectivity index (χ0v) is 10.4. The second-order valence-electron chi connectivity index (χ2n) is 4.00. The van der Waals surface area contributed by atoms with Crippen LogP contribution in [-0.4, -0.2) is 22.0 Å². The van der Waals surface area contributed by atoms with Gasteiger partial charge in [-0.15, -0.1) is 0 Å². The predicted molar refractivity (Wildman–Crippen MR) is 66.0 cm³/mol. The van der Waals surface area contributed by atoms with Crippen LogP contribution in [0.1, 0.15) is 5.56 Å². The van der Waals surface area contributed by atoms with E-state index >= 15 is 0 Å². The molecule has 0 aliphatic rings. The molecule has 5 nitrogen and oxygen atoms in total. The van der Waals surface area contributed by atoms with Crippen LogP contribution in [0.2, 0.25) is 0 Å². The Labute approximate surface area is 104 Å². The number of phenolic OH excluding ortho intramolecular Hbond substituents is 1. The summed E-state index contributed by atoms with van der Waals surface area (Å²) >= 11 is 0. The van der Waals surface area contributed by atoms with E-state index in [1.54, 1.807) is 14.0 Å². The highest BCUT2D eigenvalue weighted by Gasteiger charge is 2.20. The molecule has 1 heterocycles. The van der Waals surface area contributed by atoms with Gasteiger partial charge in [0.2, 0.25) is 0 Å². The molecule has 0 spiro atoms. The Morgan fingerprint density at radius 2 is 2.17 bits per heavy atom. The van der Waals surface area contributed by atoms with E-state index in [2.05, 4.69) is 5.10 Å². The van der Waals surface area contributed by atoms with E-state index < -0.39 is 5.82 Å². The summed E-state index contributed by atoms with van der Waals surface area (Å²) in [7, 11) is 2.98. The lowest BCUT2D eigenvalue weighted by atomic mass is 10.0. The number of nitrogens with two attached hydrogens (primary N) is 1. The fraction of sp³-hybridized carbons (Fsp3) is 0.250. The van der Waals surface area contributed by atoms with Gasteiger partial charge in [-0.25, -0.2) is 4.39 Å². The van der Waals surface area contributed by atoms with Crippen molar-refractivity contribution in [2.75, 3.05) is 12.8 Å². The highest BCUT2D eigenvalue weighted by molar-refractivity contribution is 5.82. The van der Waals surface area contributed by atoms with E-state index in [9.17, 15) is 9.50 Å². The number of halogens is 1. The van der Waals surface area contributed by atoms with Crippen LogP contribution in [0.3, 0.4) is 0 Å². The number of aryl methyl sites for hydroxylation is 2. The summed E-state index contributed by atoms with van der Waals surface area (Å²) in [5.41, 5.74) is 7.39. The molecule has 1 aromatic heterocycles. The van der Waals surface area contributed by atoms with Gasteiger partial charge in [-0.3, -0.25) is 4.68 Å². The Bertz CT molecular complexity index is 608. The SMILES string of the molecule is COc1c(F)cc(C)c(-c2cnn(C)c2N)c1O. The zero-order valence-electron chi connectivity index (χ0n) is 10.4. The number of aromatic nitrogens is 2. The number of benzene rings is 1. The molecule has 96 valence electrons. The molecule has 0 aliphatic carbocycles. The molecule has 6 heteroatoms. The third-order valence-corrected chi connectivity index (χ3v) is 2.86. The lowest BCUT2D eigenvalue weighted by Crippen LogP contribution is -1.99. The molecule has 0 unspecified atom stereocenters. The number of phenols is 1. The van der Waals surface area contributed by atoms with E-state index in [0.717, 1.165) is 0 Å². The number of anilines is 1. The lowest BCUT2D eigenvalue weighted by molar-refractivity contribution is 0.352. The number of methoxy groups -OCH3 is 1. The van der Waals surface area contributed by atoms with E-state index in [4.69, 9.17) is 10.5 Å². The van der Waals surface area contributed by atoms with Gasteiger partial charge in [0.25, 0.3) is 0 Å². The van der Waals surface area contributed by atoms with Gasteiger partial charge in [-0.05, 0) is 18.6 Å². The third-order valence-electron chi connectivity index (χ3n) is 2.86. The van der Waals surface area contributed by atoms with E-state index in [0.29, 0.717) is 22.5 Å². The van der Waals surface area contributed by atoms with Crippen LogP contribution in [0.15, 0.2) is 12.3 Å². The Hall–Kier alpha value is -2.24. The summed E-state index contributed by atoms with van der Waals surface area (Å²) in [6.45, 7) is 1.68. The monoisotopic (exact) mass is 251 g/mol. The van der Waals surface area contributed by atoms with Gasteiger partial charge in [-0.2, -0.15) is 5.10 Å². The average Bonchev–Trinajstić information content (AvgIpc) is 2.61. The lowest BCUT2D eigenvalue weighted by Gasteiger charge is -2.12. The van der Waals surface area contributed by atoms with Gasteiger partial charge < -0.3 is 15.6 Å². The third kappa shape index (κ3) is 1.66. The maximum absolute atomic E-state index is 13.6. The van der Waals surface area contributed by atoms with Gasteiger partial charge in [0.15, 0.2) is 17.3 Å². The van der Waals surface area contributed by atoms with Crippen LogP contribution in [0.5, 0.6) is 11.5 Å². The zero-order chi connectivity index (χ0) is 13.4. The molecule has 0 saturated carbocycles.